The van der Waals surface area contributed by atoms with Gasteiger partial charge in [0.2, 0.25) is 15.9 Å². The van der Waals surface area contributed by atoms with Crippen molar-refractivity contribution in [2.24, 2.45) is 0 Å². The molecule has 8 heteroatoms. The van der Waals surface area contributed by atoms with Crippen molar-refractivity contribution in [2.75, 3.05) is 4.90 Å². The van der Waals surface area contributed by atoms with Gasteiger partial charge in [0.1, 0.15) is 11.9 Å². The number of halogens is 1. The minimum atomic E-state index is -4.10. The van der Waals surface area contributed by atoms with Crippen LogP contribution < -0.4 is 4.90 Å². The Morgan fingerprint density at radius 2 is 1.43 bits per heavy atom. The van der Waals surface area contributed by atoms with E-state index in [4.69, 9.17) is 0 Å². The summed E-state index contributed by atoms with van der Waals surface area (Å²) in [4.78, 5) is 27.9. The molecule has 1 atom stereocenters. The number of carbonyl (C=O) groups is 2. The van der Waals surface area contributed by atoms with Crippen LogP contribution in [0.3, 0.4) is 0 Å². The van der Waals surface area contributed by atoms with Crippen molar-refractivity contribution in [2.45, 2.75) is 89.6 Å². The summed E-state index contributed by atoms with van der Waals surface area (Å²) >= 11 is 0. The molecule has 0 radical (unpaired) electrons. The van der Waals surface area contributed by atoms with Gasteiger partial charge in [-0.05, 0) is 87.1 Å². The largest absolute Gasteiger partial charge is 0.274 e. The van der Waals surface area contributed by atoms with Crippen molar-refractivity contribution in [1.29, 1.82) is 0 Å². The second kappa shape index (κ2) is 9.82. The molecule has 1 heterocycles. The molecule has 4 rings (SSSR count). The Labute approximate surface area is 207 Å². The topological polar surface area (TPSA) is 74.8 Å². The van der Waals surface area contributed by atoms with Gasteiger partial charge in [0.05, 0.1) is 17.0 Å². The van der Waals surface area contributed by atoms with E-state index < -0.39 is 33.7 Å². The Balaban J connectivity index is 1.84. The molecule has 2 fully saturated rings. The third kappa shape index (κ3) is 4.66. The number of carbonyl (C=O) groups excluding carboxylic acids is 2. The van der Waals surface area contributed by atoms with Gasteiger partial charge in [-0.3, -0.25) is 9.59 Å². The maximum atomic E-state index is 14.4. The highest BCUT2D eigenvalue weighted by Gasteiger charge is 2.50. The van der Waals surface area contributed by atoms with E-state index in [1.807, 2.05) is 19.9 Å². The maximum absolute atomic E-state index is 14.4. The van der Waals surface area contributed by atoms with Gasteiger partial charge in [0.15, 0.2) is 0 Å². The molecule has 1 unspecified atom stereocenters. The van der Waals surface area contributed by atoms with Gasteiger partial charge >= 0.3 is 0 Å². The smallest absolute Gasteiger partial charge is 0.252 e. The summed E-state index contributed by atoms with van der Waals surface area (Å²) in [6.45, 7) is 7.37. The number of benzene rings is 2. The number of sulfonamides is 1. The van der Waals surface area contributed by atoms with E-state index in [-0.39, 0.29) is 23.0 Å². The first-order valence-electron chi connectivity index (χ1n) is 12.3. The van der Waals surface area contributed by atoms with Crippen LogP contribution in [0.5, 0.6) is 0 Å². The molecule has 0 N–H and O–H groups in total. The second-order valence-electron chi connectivity index (χ2n) is 9.83. The molecule has 0 spiro atoms. The summed E-state index contributed by atoms with van der Waals surface area (Å²) in [5, 5.41) is 0. The van der Waals surface area contributed by atoms with Crippen molar-refractivity contribution in [3.63, 3.8) is 0 Å². The molecule has 6 nitrogen and oxygen atoms in total. The lowest BCUT2D eigenvalue weighted by atomic mass is 10.0. The van der Waals surface area contributed by atoms with Crippen LogP contribution in [0.2, 0.25) is 0 Å². The van der Waals surface area contributed by atoms with Crippen molar-refractivity contribution < 1.29 is 22.4 Å². The summed E-state index contributed by atoms with van der Waals surface area (Å²) in [6.07, 6.45) is 4.86. The lowest BCUT2D eigenvalue weighted by Crippen LogP contribution is -2.51. The average Bonchev–Trinajstić information content (AvgIpc) is 2.96. The van der Waals surface area contributed by atoms with E-state index in [1.165, 1.54) is 28.6 Å². The lowest BCUT2D eigenvalue weighted by Gasteiger charge is -2.35. The Morgan fingerprint density at radius 3 is 1.97 bits per heavy atom. The summed E-state index contributed by atoms with van der Waals surface area (Å²) in [5.41, 5.74) is 3.32. The fraction of sp³-hybridized carbons (Fsp3) is 0.481. The van der Waals surface area contributed by atoms with E-state index in [0.717, 1.165) is 41.7 Å². The zero-order valence-electron chi connectivity index (χ0n) is 20.8. The van der Waals surface area contributed by atoms with Gasteiger partial charge in [-0.25, -0.2) is 17.7 Å². The minimum absolute atomic E-state index is 0.227. The number of anilines is 1. The van der Waals surface area contributed by atoms with Crippen molar-refractivity contribution >= 4 is 27.5 Å². The van der Waals surface area contributed by atoms with E-state index in [9.17, 15) is 22.4 Å². The van der Waals surface area contributed by atoms with Gasteiger partial charge in [0.25, 0.3) is 5.91 Å². The second-order valence-corrected chi connectivity index (χ2v) is 11.6. The minimum Gasteiger partial charge on any atom is -0.274 e. The van der Waals surface area contributed by atoms with Crippen molar-refractivity contribution in [1.82, 2.24) is 4.31 Å². The van der Waals surface area contributed by atoms with Crippen LogP contribution in [-0.4, -0.2) is 36.6 Å². The first kappa shape index (κ1) is 25.5. The maximum Gasteiger partial charge on any atom is 0.252 e. The van der Waals surface area contributed by atoms with Crippen LogP contribution in [0, 0.1) is 33.5 Å². The molecule has 0 bridgehead atoms. The molecule has 2 amide bonds. The number of hydrogen-bond acceptors (Lipinski definition) is 4. The number of nitrogens with zero attached hydrogens (tertiary/aromatic N) is 2. The molecule has 2 aromatic carbocycles. The molecule has 1 aliphatic carbocycles. The summed E-state index contributed by atoms with van der Waals surface area (Å²) in [6, 6.07) is 5.60. The SMILES string of the molecule is Cc1cc(C)c(C)c(S(=O)(=O)N(C2CCCCCC2)C2CC(=O)N(c3ccc(F)cc3)C2=O)c1C. The van der Waals surface area contributed by atoms with Gasteiger partial charge in [-0.1, -0.05) is 31.7 Å². The van der Waals surface area contributed by atoms with E-state index in [2.05, 4.69) is 0 Å². The predicted octanol–water partition coefficient (Wildman–Crippen LogP) is 5.10. The Kier molecular flexibility index (Phi) is 7.16. The zero-order chi connectivity index (χ0) is 25.5. The molecular formula is C27H33FN2O4S. The Morgan fingerprint density at radius 1 is 0.886 bits per heavy atom. The van der Waals surface area contributed by atoms with Crippen molar-refractivity contribution in [3.8, 4) is 0 Å². The summed E-state index contributed by atoms with van der Waals surface area (Å²) in [7, 11) is -4.10. The number of aryl methyl sites for hydroxylation is 2. The molecule has 1 saturated carbocycles. The first-order valence-corrected chi connectivity index (χ1v) is 13.7. The van der Waals surface area contributed by atoms with Crippen LogP contribution in [0.4, 0.5) is 10.1 Å². The van der Waals surface area contributed by atoms with Gasteiger partial charge in [-0.2, -0.15) is 4.31 Å². The number of imide groups is 1. The van der Waals surface area contributed by atoms with Crippen LogP contribution in [0.1, 0.15) is 67.2 Å². The molecular weight excluding hydrogens is 467 g/mol. The quantitative estimate of drug-likeness (QED) is 0.423. The van der Waals surface area contributed by atoms with Crippen molar-refractivity contribution in [3.05, 3.63) is 58.4 Å². The van der Waals surface area contributed by atoms with E-state index in [1.54, 1.807) is 13.8 Å². The van der Waals surface area contributed by atoms with Gasteiger partial charge in [-0.15, -0.1) is 0 Å². The summed E-state index contributed by atoms with van der Waals surface area (Å²) in [5.74, 6) is -1.53. The van der Waals surface area contributed by atoms with E-state index >= 15 is 0 Å². The normalized spacial score (nSPS) is 20.1. The van der Waals surface area contributed by atoms with Crippen LogP contribution >= 0.6 is 0 Å². The fourth-order valence-electron chi connectivity index (χ4n) is 5.48. The highest BCUT2D eigenvalue weighted by atomic mass is 32.2. The monoisotopic (exact) mass is 500 g/mol. The fourth-order valence-corrected chi connectivity index (χ4v) is 7.89. The highest BCUT2D eigenvalue weighted by Crippen LogP contribution is 2.37. The number of hydrogen-bond donors (Lipinski definition) is 0. The van der Waals surface area contributed by atoms with E-state index in [0.29, 0.717) is 24.0 Å². The van der Waals surface area contributed by atoms with Crippen LogP contribution in [0.25, 0.3) is 0 Å². The Hall–Kier alpha value is -2.58. The number of amides is 2. The van der Waals surface area contributed by atoms with Crippen LogP contribution in [0.15, 0.2) is 35.2 Å². The third-order valence-corrected chi connectivity index (χ3v) is 9.77. The first-order chi connectivity index (χ1) is 16.5. The van der Waals surface area contributed by atoms with Crippen LogP contribution in [-0.2, 0) is 19.6 Å². The molecule has 0 aromatic heterocycles. The zero-order valence-corrected chi connectivity index (χ0v) is 21.6. The molecule has 1 aliphatic heterocycles. The molecule has 1 saturated heterocycles. The number of rotatable bonds is 5. The molecule has 2 aliphatic rings. The molecule has 188 valence electrons. The van der Waals surface area contributed by atoms with Gasteiger partial charge < -0.3 is 0 Å². The standard InChI is InChI=1S/C27H33FN2O4S/c1-17-15-18(2)20(4)26(19(17)3)35(33,34)30(23-9-7-5-6-8-10-23)24-16-25(31)29(27(24)32)22-13-11-21(28)12-14-22/h11-15,23-24H,5-10,16H2,1-4H3. The van der Waals surface area contributed by atoms with Gasteiger partial charge in [0, 0.05) is 6.04 Å². The molecule has 2 aromatic rings. The summed E-state index contributed by atoms with van der Waals surface area (Å²) < 4.78 is 43.6. The molecule has 35 heavy (non-hydrogen) atoms. The lowest BCUT2D eigenvalue weighted by molar-refractivity contribution is -0.122. The Bertz CT molecular complexity index is 1220. The highest BCUT2D eigenvalue weighted by molar-refractivity contribution is 7.89. The average molecular weight is 501 g/mol. The predicted molar refractivity (Wildman–Crippen MR) is 133 cm³/mol. The third-order valence-electron chi connectivity index (χ3n) is 7.53.